The van der Waals surface area contributed by atoms with Gasteiger partial charge in [-0.1, -0.05) is 186 Å². The smallest absolute Gasteiger partial charge is 0.305 e. The summed E-state index contributed by atoms with van der Waals surface area (Å²) in [7, 11) is 0. The number of esters is 2. The summed E-state index contributed by atoms with van der Waals surface area (Å²) in [6.07, 6.45) is 37.6. The van der Waals surface area contributed by atoms with Gasteiger partial charge in [-0.05, 0) is 43.9 Å². The minimum atomic E-state index is -1.04. The van der Waals surface area contributed by atoms with Crippen LogP contribution in [0.25, 0.3) is 0 Å². The van der Waals surface area contributed by atoms with E-state index >= 15 is 0 Å². The van der Waals surface area contributed by atoms with Gasteiger partial charge in [-0.25, -0.2) is 0 Å². The van der Waals surface area contributed by atoms with E-state index in [1.165, 1.54) is 109 Å². The average molecular weight is 793 g/mol. The van der Waals surface area contributed by atoms with Crippen LogP contribution < -0.4 is 0 Å². The monoisotopic (exact) mass is 793 g/mol. The maximum atomic E-state index is 12.1. The fraction of sp³-hybridized carbons (Fsp3) is 0.875. The van der Waals surface area contributed by atoms with E-state index in [1.54, 1.807) is 6.08 Å². The van der Waals surface area contributed by atoms with Crippen molar-refractivity contribution in [2.75, 3.05) is 13.2 Å². The van der Waals surface area contributed by atoms with E-state index in [1.807, 2.05) is 18.2 Å². The first-order chi connectivity index (χ1) is 27.2. The minimum absolute atomic E-state index is 0.117. The van der Waals surface area contributed by atoms with Crippen LogP contribution in [0.15, 0.2) is 24.3 Å². The molecule has 0 bridgehead atoms. The molecular formula is C48H88O8. The largest absolute Gasteiger partial charge is 0.463 e. The summed E-state index contributed by atoms with van der Waals surface area (Å²) in [5, 5.41) is 41.2. The van der Waals surface area contributed by atoms with Crippen molar-refractivity contribution in [3.8, 4) is 0 Å². The molecule has 0 amide bonds. The number of hydrogen-bond donors (Lipinski definition) is 4. The second-order valence-electron chi connectivity index (χ2n) is 17.1. The quantitative estimate of drug-likeness (QED) is 0.0276. The SMILES string of the molecule is CCCCC[C@H](O)/C=C/[C@@H]1[C@@H](C/C=C/CCCC(=O)OC[C@H](O)COC(=O)CCCCCCCCCCCCCCCCCCCCC(C)CC)[C@@H](O)C[C@H]1O. The van der Waals surface area contributed by atoms with E-state index in [-0.39, 0.29) is 37.4 Å². The van der Waals surface area contributed by atoms with Gasteiger partial charge >= 0.3 is 11.9 Å². The first-order valence-corrected chi connectivity index (χ1v) is 23.5. The van der Waals surface area contributed by atoms with Gasteiger partial charge < -0.3 is 29.9 Å². The molecule has 0 aromatic heterocycles. The highest BCUT2D eigenvalue weighted by atomic mass is 16.6. The lowest BCUT2D eigenvalue weighted by atomic mass is 9.89. The van der Waals surface area contributed by atoms with Crippen LogP contribution in [0.2, 0.25) is 0 Å². The first kappa shape index (κ1) is 52.3. The lowest BCUT2D eigenvalue weighted by Crippen LogP contribution is -2.25. The van der Waals surface area contributed by atoms with Crippen LogP contribution in [0.5, 0.6) is 0 Å². The van der Waals surface area contributed by atoms with Crippen molar-refractivity contribution in [1.29, 1.82) is 0 Å². The summed E-state index contributed by atoms with van der Waals surface area (Å²) in [5.41, 5.74) is 0. The number of aliphatic hydroxyl groups excluding tert-OH is 4. The Kier molecular flexibility index (Phi) is 33.9. The van der Waals surface area contributed by atoms with Crippen molar-refractivity contribution in [2.24, 2.45) is 17.8 Å². The highest BCUT2D eigenvalue weighted by Gasteiger charge is 2.39. The summed E-state index contributed by atoms with van der Waals surface area (Å²) < 4.78 is 10.3. The molecule has 1 saturated carbocycles. The van der Waals surface area contributed by atoms with Gasteiger partial charge in [0.15, 0.2) is 0 Å². The van der Waals surface area contributed by atoms with Crippen LogP contribution in [0.4, 0.5) is 0 Å². The molecule has 0 radical (unpaired) electrons. The van der Waals surface area contributed by atoms with Crippen molar-refractivity contribution in [3.63, 3.8) is 0 Å². The zero-order valence-electron chi connectivity index (χ0n) is 36.4. The van der Waals surface area contributed by atoms with Crippen molar-refractivity contribution >= 4 is 11.9 Å². The number of unbranched alkanes of at least 4 members (excludes halogenated alkanes) is 20. The zero-order valence-corrected chi connectivity index (χ0v) is 36.4. The van der Waals surface area contributed by atoms with Gasteiger partial charge in [0.05, 0.1) is 18.3 Å². The Hall–Kier alpha value is -1.74. The number of hydrogen-bond acceptors (Lipinski definition) is 8. The van der Waals surface area contributed by atoms with E-state index in [2.05, 4.69) is 20.8 Å². The molecule has 0 aliphatic heterocycles. The minimum Gasteiger partial charge on any atom is -0.463 e. The predicted octanol–water partition coefficient (Wildman–Crippen LogP) is 11.3. The van der Waals surface area contributed by atoms with Gasteiger partial charge in [-0.2, -0.15) is 0 Å². The van der Waals surface area contributed by atoms with Crippen LogP contribution in [-0.2, 0) is 19.1 Å². The molecule has 328 valence electrons. The fourth-order valence-electron chi connectivity index (χ4n) is 7.76. The summed E-state index contributed by atoms with van der Waals surface area (Å²) >= 11 is 0. The van der Waals surface area contributed by atoms with Gasteiger partial charge in [0.1, 0.15) is 19.3 Å². The molecule has 56 heavy (non-hydrogen) atoms. The van der Waals surface area contributed by atoms with Gasteiger partial charge in [0, 0.05) is 25.2 Å². The average Bonchev–Trinajstić information content (AvgIpc) is 3.46. The first-order valence-electron chi connectivity index (χ1n) is 23.5. The number of aliphatic hydroxyl groups is 4. The molecule has 0 aromatic rings. The molecule has 7 atom stereocenters. The van der Waals surface area contributed by atoms with Crippen molar-refractivity contribution in [1.82, 2.24) is 0 Å². The molecule has 1 rings (SSSR count). The number of rotatable bonds is 38. The summed E-state index contributed by atoms with van der Waals surface area (Å²) in [4.78, 5) is 24.2. The van der Waals surface area contributed by atoms with Gasteiger partial charge in [-0.15, -0.1) is 0 Å². The molecule has 8 heteroatoms. The molecule has 0 saturated heterocycles. The molecule has 1 aliphatic carbocycles. The van der Waals surface area contributed by atoms with Crippen LogP contribution >= 0.6 is 0 Å². The Bertz CT molecular complexity index is 982. The number of allylic oxidation sites excluding steroid dienone is 2. The second kappa shape index (κ2) is 36.3. The summed E-state index contributed by atoms with van der Waals surface area (Å²) in [6.45, 7) is 6.42. The molecule has 1 unspecified atom stereocenters. The van der Waals surface area contributed by atoms with Crippen molar-refractivity contribution in [2.45, 2.75) is 238 Å². The molecule has 1 aliphatic rings. The molecule has 1 fully saturated rings. The van der Waals surface area contributed by atoms with Crippen molar-refractivity contribution in [3.05, 3.63) is 24.3 Å². The highest BCUT2D eigenvalue weighted by molar-refractivity contribution is 5.69. The topological polar surface area (TPSA) is 134 Å². The lowest BCUT2D eigenvalue weighted by Gasteiger charge is -2.19. The lowest BCUT2D eigenvalue weighted by molar-refractivity contribution is -0.152. The van der Waals surface area contributed by atoms with E-state index < -0.39 is 30.4 Å². The number of carbonyl (C=O) groups excluding carboxylic acids is 2. The van der Waals surface area contributed by atoms with Crippen LogP contribution in [0.3, 0.4) is 0 Å². The molecular weight excluding hydrogens is 705 g/mol. The van der Waals surface area contributed by atoms with Gasteiger partial charge in [0.2, 0.25) is 0 Å². The molecule has 0 aromatic carbocycles. The van der Waals surface area contributed by atoms with Crippen LogP contribution in [-0.4, -0.2) is 70.0 Å². The third kappa shape index (κ3) is 29.5. The van der Waals surface area contributed by atoms with E-state index in [0.717, 1.165) is 44.4 Å². The Labute approximate surface area is 343 Å². The Morgan fingerprint density at radius 3 is 1.62 bits per heavy atom. The van der Waals surface area contributed by atoms with Crippen LogP contribution in [0, 0.1) is 17.8 Å². The summed E-state index contributed by atoms with van der Waals surface area (Å²) in [6, 6.07) is 0. The summed E-state index contributed by atoms with van der Waals surface area (Å²) in [5.74, 6) is -0.142. The number of carbonyl (C=O) groups is 2. The molecule has 0 spiro atoms. The standard InChI is InChI=1S/C48H88O8/c1-4-6-25-31-41(49)35-36-44-43(45(51)37-46(44)52)32-27-23-24-29-34-48(54)56-39-42(50)38-55-47(53)33-28-22-20-18-16-14-12-10-8-7-9-11-13-15-17-19-21-26-30-40(3)5-2/h23,27,35-36,40-46,49-52H,4-22,24-26,28-34,37-39H2,1-3H3/b27-23+,36-35+/t40?,41-,42+,43+,44+,45-,46+/m0/s1. The Morgan fingerprint density at radius 2 is 1.11 bits per heavy atom. The van der Waals surface area contributed by atoms with Gasteiger partial charge in [0.25, 0.3) is 0 Å². The van der Waals surface area contributed by atoms with E-state index in [4.69, 9.17) is 9.47 Å². The van der Waals surface area contributed by atoms with Crippen molar-refractivity contribution < 1.29 is 39.5 Å². The molecule has 8 nitrogen and oxygen atoms in total. The third-order valence-electron chi connectivity index (χ3n) is 11.8. The third-order valence-corrected chi connectivity index (χ3v) is 11.8. The number of ether oxygens (including phenoxy) is 2. The second-order valence-corrected chi connectivity index (χ2v) is 17.1. The maximum Gasteiger partial charge on any atom is 0.305 e. The Morgan fingerprint density at radius 1 is 0.625 bits per heavy atom. The zero-order chi connectivity index (χ0) is 41.1. The highest BCUT2D eigenvalue weighted by Crippen LogP contribution is 2.36. The predicted molar refractivity (Wildman–Crippen MR) is 230 cm³/mol. The Balaban J connectivity index is 1.94. The maximum absolute atomic E-state index is 12.1. The van der Waals surface area contributed by atoms with Gasteiger partial charge in [-0.3, -0.25) is 9.59 Å². The van der Waals surface area contributed by atoms with Crippen LogP contribution in [0.1, 0.15) is 213 Å². The van der Waals surface area contributed by atoms with E-state index in [9.17, 15) is 30.0 Å². The molecule has 4 N–H and O–H groups in total. The van der Waals surface area contributed by atoms with E-state index in [0.29, 0.717) is 38.5 Å². The molecule has 0 heterocycles. The normalized spacial score (nSPS) is 20.2. The fourth-order valence-corrected chi connectivity index (χ4v) is 7.76.